The molecule has 1 aromatic carbocycles. The van der Waals surface area contributed by atoms with Gasteiger partial charge in [-0.3, -0.25) is 0 Å². The van der Waals surface area contributed by atoms with Gasteiger partial charge in [-0.2, -0.15) is 16.1 Å². The van der Waals surface area contributed by atoms with Crippen LogP contribution in [0.3, 0.4) is 0 Å². The normalized spacial score (nSPS) is 20.2. The summed E-state index contributed by atoms with van der Waals surface area (Å²) in [5.41, 5.74) is 5.85. The predicted molar refractivity (Wildman–Crippen MR) is 85.5 cm³/mol. The Hall–Kier alpha value is -0.790. The first-order chi connectivity index (χ1) is 9.63. The average molecular weight is 332 g/mol. The average Bonchev–Trinajstić information content (AvgIpc) is 2.55. The summed E-state index contributed by atoms with van der Waals surface area (Å²) in [7, 11) is -3.71. The summed E-state index contributed by atoms with van der Waals surface area (Å²) in [5, 5.41) is 0. The summed E-state index contributed by atoms with van der Waals surface area (Å²) >= 11 is 1.76. The smallest absolute Gasteiger partial charge is 0.243 e. The molecule has 0 aromatic heterocycles. The highest BCUT2D eigenvalue weighted by atomic mass is 32.2. The van der Waals surface area contributed by atoms with E-state index in [1.165, 1.54) is 17.3 Å². The van der Waals surface area contributed by atoms with E-state index in [-0.39, 0.29) is 20.9 Å². The van der Waals surface area contributed by atoms with Crippen LogP contribution in [0.25, 0.3) is 0 Å². The van der Waals surface area contributed by atoms with Crippen LogP contribution in [0.1, 0.15) is 25.8 Å². The number of hydrogen-bond acceptors (Lipinski definition) is 4. The molecular weight excluding hydrogens is 311 g/mol. The van der Waals surface area contributed by atoms with Gasteiger partial charge >= 0.3 is 0 Å². The SMILES string of the molecule is Cc1c(F)cc(N)cc1S(=O)(=O)N1CCSC(C)(C)CC1. The van der Waals surface area contributed by atoms with E-state index in [2.05, 4.69) is 13.8 Å². The van der Waals surface area contributed by atoms with Crippen LogP contribution < -0.4 is 5.73 Å². The second kappa shape index (κ2) is 5.78. The van der Waals surface area contributed by atoms with Crippen molar-refractivity contribution in [3.05, 3.63) is 23.5 Å². The molecule has 0 radical (unpaired) electrons. The molecule has 4 nitrogen and oxygen atoms in total. The predicted octanol–water partition coefficient (Wildman–Crippen LogP) is 2.62. The first kappa shape index (κ1) is 16.6. The number of anilines is 1. The van der Waals surface area contributed by atoms with Crippen LogP contribution in [-0.4, -0.2) is 36.3 Å². The number of nitrogens with zero attached hydrogens (tertiary/aromatic N) is 1. The third-order valence-corrected chi connectivity index (χ3v) is 7.13. The summed E-state index contributed by atoms with van der Waals surface area (Å²) in [6.45, 7) is 6.57. The Bertz CT molecular complexity index is 645. The molecule has 2 rings (SSSR count). The van der Waals surface area contributed by atoms with Gasteiger partial charge in [0.25, 0.3) is 0 Å². The molecule has 118 valence electrons. The molecule has 0 atom stereocenters. The van der Waals surface area contributed by atoms with Gasteiger partial charge in [0.1, 0.15) is 5.82 Å². The van der Waals surface area contributed by atoms with E-state index in [0.29, 0.717) is 13.1 Å². The Balaban J connectivity index is 2.39. The molecule has 21 heavy (non-hydrogen) atoms. The van der Waals surface area contributed by atoms with Gasteiger partial charge in [-0.25, -0.2) is 12.8 Å². The van der Waals surface area contributed by atoms with Crippen molar-refractivity contribution in [2.45, 2.75) is 36.8 Å². The van der Waals surface area contributed by atoms with Crippen molar-refractivity contribution < 1.29 is 12.8 Å². The van der Waals surface area contributed by atoms with Crippen LogP contribution in [0.2, 0.25) is 0 Å². The second-order valence-corrected chi connectivity index (χ2v) is 9.60. The first-order valence-corrected chi connectivity index (χ1v) is 9.26. The van der Waals surface area contributed by atoms with Crippen molar-refractivity contribution in [2.24, 2.45) is 0 Å². The zero-order valence-electron chi connectivity index (χ0n) is 12.5. The Morgan fingerprint density at radius 2 is 2.00 bits per heavy atom. The molecule has 0 aliphatic carbocycles. The van der Waals surface area contributed by atoms with Gasteiger partial charge in [0.05, 0.1) is 4.90 Å². The fraction of sp³-hybridized carbons (Fsp3) is 0.571. The Morgan fingerprint density at radius 1 is 1.33 bits per heavy atom. The fourth-order valence-electron chi connectivity index (χ4n) is 2.32. The standard InChI is InChI=1S/C14H21FN2O2S2/c1-10-12(15)8-11(16)9-13(10)21(18,19)17-5-4-14(2,3)20-7-6-17/h8-9H,4-7,16H2,1-3H3. The lowest BCUT2D eigenvalue weighted by molar-refractivity contribution is 0.414. The number of rotatable bonds is 2. The van der Waals surface area contributed by atoms with E-state index in [9.17, 15) is 12.8 Å². The summed E-state index contributed by atoms with van der Waals surface area (Å²) in [6, 6.07) is 2.49. The number of thioether (sulfide) groups is 1. The van der Waals surface area contributed by atoms with Gasteiger partial charge < -0.3 is 5.73 Å². The lowest BCUT2D eigenvalue weighted by Gasteiger charge is -2.23. The first-order valence-electron chi connectivity index (χ1n) is 6.83. The highest BCUT2D eigenvalue weighted by Gasteiger charge is 2.32. The minimum atomic E-state index is -3.71. The largest absolute Gasteiger partial charge is 0.399 e. The highest BCUT2D eigenvalue weighted by molar-refractivity contribution is 8.00. The van der Waals surface area contributed by atoms with Crippen LogP contribution in [0, 0.1) is 12.7 Å². The maximum absolute atomic E-state index is 13.8. The number of nitrogen functional groups attached to an aromatic ring is 1. The summed E-state index contributed by atoms with van der Waals surface area (Å²) in [4.78, 5) is -0.0234. The third kappa shape index (κ3) is 3.52. The van der Waals surface area contributed by atoms with Gasteiger partial charge in [-0.1, -0.05) is 13.8 Å². The minimum absolute atomic E-state index is 0.0234. The number of sulfonamides is 1. The van der Waals surface area contributed by atoms with Gasteiger partial charge in [0.2, 0.25) is 10.0 Å². The Labute approximate surface area is 129 Å². The lowest BCUT2D eigenvalue weighted by Crippen LogP contribution is -2.34. The molecule has 1 saturated heterocycles. The fourth-order valence-corrected chi connectivity index (χ4v) is 5.25. The van der Waals surface area contributed by atoms with Gasteiger partial charge in [0, 0.05) is 34.8 Å². The number of nitrogens with two attached hydrogens (primary N) is 1. The molecule has 0 amide bonds. The number of halogens is 1. The molecule has 0 spiro atoms. The van der Waals surface area contributed by atoms with Crippen molar-refractivity contribution in [1.29, 1.82) is 0 Å². The van der Waals surface area contributed by atoms with Gasteiger partial charge in [0.15, 0.2) is 0 Å². The van der Waals surface area contributed by atoms with Crippen molar-refractivity contribution in [3.8, 4) is 0 Å². The van der Waals surface area contributed by atoms with Crippen molar-refractivity contribution in [1.82, 2.24) is 4.31 Å². The highest BCUT2D eigenvalue weighted by Crippen LogP contribution is 2.33. The maximum atomic E-state index is 13.8. The van der Waals surface area contributed by atoms with E-state index >= 15 is 0 Å². The summed E-state index contributed by atoms with van der Waals surface area (Å²) in [5.74, 6) is 0.147. The Morgan fingerprint density at radius 3 is 2.67 bits per heavy atom. The second-order valence-electron chi connectivity index (χ2n) is 5.89. The molecule has 1 heterocycles. The quantitative estimate of drug-likeness (QED) is 0.846. The van der Waals surface area contributed by atoms with Crippen LogP contribution in [0.15, 0.2) is 17.0 Å². The van der Waals surface area contributed by atoms with E-state index in [1.54, 1.807) is 11.8 Å². The summed E-state index contributed by atoms with van der Waals surface area (Å²) < 4.78 is 40.8. The lowest BCUT2D eigenvalue weighted by atomic mass is 10.1. The molecule has 1 aromatic rings. The van der Waals surface area contributed by atoms with Gasteiger partial charge in [-0.15, -0.1) is 0 Å². The van der Waals surface area contributed by atoms with E-state index in [4.69, 9.17) is 5.73 Å². The van der Waals surface area contributed by atoms with Crippen molar-refractivity contribution >= 4 is 27.5 Å². The molecule has 1 fully saturated rings. The molecule has 1 aliphatic heterocycles. The summed E-state index contributed by atoms with van der Waals surface area (Å²) in [6.07, 6.45) is 0.765. The van der Waals surface area contributed by atoms with Crippen LogP contribution >= 0.6 is 11.8 Å². The molecular formula is C14H21FN2O2S2. The monoisotopic (exact) mass is 332 g/mol. The molecule has 7 heteroatoms. The molecule has 0 bridgehead atoms. The van der Waals surface area contributed by atoms with E-state index in [1.807, 2.05) is 0 Å². The molecule has 1 aliphatic rings. The van der Waals surface area contributed by atoms with Crippen LogP contribution in [0.5, 0.6) is 0 Å². The zero-order chi connectivity index (χ0) is 15.8. The Kier molecular flexibility index (Phi) is 4.56. The van der Waals surface area contributed by atoms with Crippen LogP contribution in [-0.2, 0) is 10.0 Å². The maximum Gasteiger partial charge on any atom is 0.243 e. The van der Waals surface area contributed by atoms with Gasteiger partial charge in [-0.05, 0) is 25.5 Å². The topological polar surface area (TPSA) is 63.4 Å². The zero-order valence-corrected chi connectivity index (χ0v) is 14.2. The third-order valence-electron chi connectivity index (χ3n) is 3.73. The molecule has 2 N–H and O–H groups in total. The molecule has 0 unspecified atom stereocenters. The minimum Gasteiger partial charge on any atom is -0.399 e. The van der Waals surface area contributed by atoms with E-state index < -0.39 is 15.8 Å². The van der Waals surface area contributed by atoms with Crippen molar-refractivity contribution in [3.63, 3.8) is 0 Å². The van der Waals surface area contributed by atoms with E-state index in [0.717, 1.165) is 18.2 Å². The number of hydrogen-bond donors (Lipinski definition) is 1. The molecule has 0 saturated carbocycles. The van der Waals surface area contributed by atoms with Crippen LogP contribution in [0.4, 0.5) is 10.1 Å². The van der Waals surface area contributed by atoms with Crippen molar-refractivity contribution in [2.75, 3.05) is 24.6 Å². The number of benzene rings is 1.